The van der Waals surface area contributed by atoms with Crippen molar-refractivity contribution >= 4 is 17.7 Å². The predicted octanol–water partition coefficient (Wildman–Crippen LogP) is 3.81. The maximum Gasteiger partial charge on any atom is 0.415 e. The molecular formula is C19H26N2O5. The van der Waals surface area contributed by atoms with E-state index in [2.05, 4.69) is 0 Å². The van der Waals surface area contributed by atoms with Crippen LogP contribution in [-0.2, 0) is 9.53 Å². The largest absolute Gasteiger partial charge is 0.492 e. The first-order valence-corrected chi connectivity index (χ1v) is 8.22. The zero-order chi connectivity index (χ0) is 20.1. The smallest absolute Gasteiger partial charge is 0.415 e. The average Bonchev–Trinajstić information content (AvgIpc) is 2.47. The molecule has 7 heteroatoms. The van der Waals surface area contributed by atoms with Crippen LogP contribution < -0.4 is 9.64 Å². The van der Waals surface area contributed by atoms with Crippen molar-refractivity contribution in [2.45, 2.75) is 47.1 Å². The van der Waals surface area contributed by atoms with Gasteiger partial charge in [-0.1, -0.05) is 20.8 Å². The normalized spacial score (nSPS) is 11.4. The van der Waals surface area contributed by atoms with Crippen molar-refractivity contribution in [3.63, 3.8) is 0 Å². The lowest BCUT2D eigenvalue weighted by Gasteiger charge is -2.27. The summed E-state index contributed by atoms with van der Waals surface area (Å²) in [4.78, 5) is 24.5. The Balaban J connectivity index is 3.17. The van der Waals surface area contributed by atoms with Crippen LogP contribution in [0.5, 0.6) is 5.75 Å². The topological polar surface area (TPSA) is 99.9 Å². The molecule has 0 unspecified atom stereocenters. The molecular weight excluding hydrogens is 336 g/mol. The monoisotopic (exact) mass is 362 g/mol. The molecule has 1 aromatic rings. The van der Waals surface area contributed by atoms with Crippen molar-refractivity contribution in [3.05, 3.63) is 23.8 Å². The fourth-order valence-corrected chi connectivity index (χ4v) is 1.91. The minimum atomic E-state index is -1.19. The van der Waals surface area contributed by atoms with Crippen LogP contribution in [0.15, 0.2) is 18.2 Å². The van der Waals surface area contributed by atoms with Gasteiger partial charge >= 0.3 is 12.1 Å². The van der Waals surface area contributed by atoms with Gasteiger partial charge in [-0.15, -0.1) is 0 Å². The molecule has 0 bridgehead atoms. The molecule has 1 rings (SSSR count). The Morgan fingerprint density at radius 2 is 1.81 bits per heavy atom. The van der Waals surface area contributed by atoms with Crippen molar-refractivity contribution in [2.75, 3.05) is 18.1 Å². The molecule has 0 aromatic heterocycles. The van der Waals surface area contributed by atoms with Crippen molar-refractivity contribution < 1.29 is 24.2 Å². The molecule has 1 aromatic carbocycles. The van der Waals surface area contributed by atoms with Gasteiger partial charge in [0.15, 0.2) is 0 Å². The SMILES string of the molecule is CC(C)(C)COc1ccc(N(CC(=O)O)C(=O)OC(C)(C)C)cc1C#N. The zero-order valence-corrected chi connectivity index (χ0v) is 16.1. The van der Waals surface area contributed by atoms with Gasteiger partial charge in [0.25, 0.3) is 0 Å². The van der Waals surface area contributed by atoms with Crippen LogP contribution in [-0.4, -0.2) is 35.9 Å². The molecule has 0 heterocycles. The highest BCUT2D eigenvalue weighted by Gasteiger charge is 2.26. The fraction of sp³-hybridized carbons (Fsp3) is 0.526. The van der Waals surface area contributed by atoms with Crippen LogP contribution in [0.3, 0.4) is 0 Å². The number of amides is 1. The lowest BCUT2D eigenvalue weighted by Crippen LogP contribution is -2.40. The van der Waals surface area contributed by atoms with E-state index >= 15 is 0 Å². The third kappa shape index (κ3) is 7.01. The zero-order valence-electron chi connectivity index (χ0n) is 16.1. The van der Waals surface area contributed by atoms with Crippen molar-refractivity contribution in [2.24, 2.45) is 5.41 Å². The van der Waals surface area contributed by atoms with Crippen molar-refractivity contribution in [1.82, 2.24) is 0 Å². The molecule has 0 aliphatic carbocycles. The van der Waals surface area contributed by atoms with Gasteiger partial charge in [-0.3, -0.25) is 9.69 Å². The van der Waals surface area contributed by atoms with Gasteiger partial charge in [-0.25, -0.2) is 4.79 Å². The molecule has 0 saturated heterocycles. The number of aliphatic carboxylic acids is 1. The molecule has 7 nitrogen and oxygen atoms in total. The van der Waals surface area contributed by atoms with E-state index in [1.165, 1.54) is 12.1 Å². The number of carbonyl (C=O) groups excluding carboxylic acids is 1. The number of nitriles is 1. The maximum absolute atomic E-state index is 12.4. The van der Waals surface area contributed by atoms with Crippen LogP contribution in [0, 0.1) is 16.7 Å². The van der Waals surface area contributed by atoms with Gasteiger partial charge in [0.1, 0.15) is 24.0 Å². The number of benzene rings is 1. The van der Waals surface area contributed by atoms with Crippen LogP contribution >= 0.6 is 0 Å². The van der Waals surface area contributed by atoms with Crippen LogP contribution in [0.25, 0.3) is 0 Å². The molecule has 0 radical (unpaired) electrons. The summed E-state index contributed by atoms with van der Waals surface area (Å²) in [5.74, 6) is -0.812. The van der Waals surface area contributed by atoms with E-state index in [9.17, 15) is 14.9 Å². The van der Waals surface area contributed by atoms with E-state index in [1.807, 2.05) is 26.8 Å². The number of hydrogen-bond donors (Lipinski definition) is 1. The Kier molecular flexibility index (Phi) is 6.62. The lowest BCUT2D eigenvalue weighted by molar-refractivity contribution is -0.135. The number of anilines is 1. The van der Waals surface area contributed by atoms with Crippen molar-refractivity contribution in [3.8, 4) is 11.8 Å². The van der Waals surface area contributed by atoms with Gasteiger partial charge in [0.05, 0.1) is 12.2 Å². The van der Waals surface area contributed by atoms with Gasteiger partial charge in [0, 0.05) is 5.69 Å². The van der Waals surface area contributed by atoms with Crippen LogP contribution in [0.2, 0.25) is 0 Å². The van der Waals surface area contributed by atoms with E-state index in [4.69, 9.17) is 14.6 Å². The first-order chi connectivity index (χ1) is 11.8. The fourth-order valence-electron chi connectivity index (χ4n) is 1.91. The van der Waals surface area contributed by atoms with Crippen LogP contribution in [0.1, 0.15) is 47.1 Å². The number of ether oxygens (including phenoxy) is 2. The first kappa shape index (κ1) is 21.3. The Morgan fingerprint density at radius 3 is 2.27 bits per heavy atom. The van der Waals surface area contributed by atoms with Gasteiger partial charge in [0.2, 0.25) is 0 Å². The van der Waals surface area contributed by atoms with Gasteiger partial charge in [-0.05, 0) is 44.4 Å². The second-order valence-corrected chi connectivity index (χ2v) is 8.10. The van der Waals surface area contributed by atoms with E-state index in [0.717, 1.165) is 4.90 Å². The minimum absolute atomic E-state index is 0.0861. The van der Waals surface area contributed by atoms with Crippen LogP contribution in [0.4, 0.5) is 10.5 Å². The molecule has 0 spiro atoms. The summed E-state index contributed by atoms with van der Waals surface area (Å²) in [6.45, 7) is 10.9. The van der Waals surface area contributed by atoms with E-state index in [0.29, 0.717) is 12.4 Å². The molecule has 1 N–H and O–H groups in total. The summed E-state index contributed by atoms with van der Waals surface area (Å²) in [5.41, 5.74) is -0.397. The highest BCUT2D eigenvalue weighted by atomic mass is 16.6. The molecule has 26 heavy (non-hydrogen) atoms. The number of carboxylic acids is 1. The predicted molar refractivity (Wildman–Crippen MR) is 97.3 cm³/mol. The Labute approximate surface area is 154 Å². The van der Waals surface area contributed by atoms with Crippen molar-refractivity contribution in [1.29, 1.82) is 5.26 Å². The second-order valence-electron chi connectivity index (χ2n) is 8.10. The number of rotatable bonds is 5. The third-order valence-corrected chi connectivity index (χ3v) is 2.96. The highest BCUT2D eigenvalue weighted by molar-refractivity contribution is 5.93. The Hall–Kier alpha value is -2.75. The second kappa shape index (κ2) is 8.09. The molecule has 0 atom stereocenters. The molecule has 0 saturated carbocycles. The maximum atomic E-state index is 12.4. The quantitative estimate of drug-likeness (QED) is 0.855. The molecule has 0 fully saturated rings. The summed E-state index contributed by atoms with van der Waals surface area (Å²) in [6.07, 6.45) is -0.799. The first-order valence-electron chi connectivity index (χ1n) is 8.22. The standard InChI is InChI=1S/C19H26N2O5/c1-18(2,3)12-25-15-8-7-14(9-13(15)10-20)21(11-16(22)23)17(24)26-19(4,5)6/h7-9H,11-12H2,1-6H3,(H,22,23). The summed E-state index contributed by atoms with van der Waals surface area (Å²) in [5, 5.41) is 18.5. The molecule has 1 amide bonds. The molecule has 142 valence electrons. The summed E-state index contributed by atoms with van der Waals surface area (Å²) < 4.78 is 10.9. The average molecular weight is 362 g/mol. The van der Waals surface area contributed by atoms with E-state index in [-0.39, 0.29) is 16.7 Å². The number of hydrogen-bond acceptors (Lipinski definition) is 5. The number of carbonyl (C=O) groups is 2. The third-order valence-electron chi connectivity index (χ3n) is 2.96. The minimum Gasteiger partial charge on any atom is -0.492 e. The van der Waals surface area contributed by atoms with Gasteiger partial charge < -0.3 is 14.6 Å². The summed E-state index contributed by atoms with van der Waals surface area (Å²) >= 11 is 0. The highest BCUT2D eigenvalue weighted by Crippen LogP contribution is 2.27. The number of carboxylic acid groups (broad SMARTS) is 1. The van der Waals surface area contributed by atoms with E-state index in [1.54, 1.807) is 26.8 Å². The number of nitrogens with zero attached hydrogens (tertiary/aromatic N) is 2. The summed E-state index contributed by atoms with van der Waals surface area (Å²) in [6, 6.07) is 6.53. The Morgan fingerprint density at radius 1 is 1.19 bits per heavy atom. The lowest BCUT2D eigenvalue weighted by atomic mass is 9.98. The molecule has 0 aliphatic rings. The summed E-state index contributed by atoms with van der Waals surface area (Å²) in [7, 11) is 0. The molecule has 0 aliphatic heterocycles. The van der Waals surface area contributed by atoms with E-state index < -0.39 is 24.2 Å². The Bertz CT molecular complexity index is 708. The van der Waals surface area contributed by atoms with Gasteiger partial charge in [-0.2, -0.15) is 5.26 Å².